The summed E-state index contributed by atoms with van der Waals surface area (Å²) in [6, 6.07) is 0.234. The van der Waals surface area contributed by atoms with Gasteiger partial charge in [-0.15, -0.1) is 0 Å². The first-order valence-corrected chi connectivity index (χ1v) is 7.04. The SMILES string of the molecule is CC(CCCN)c1nc(C2CN(C)CCN2C)no1. The number of rotatable bonds is 5. The molecule has 0 aromatic carbocycles. The van der Waals surface area contributed by atoms with Gasteiger partial charge < -0.3 is 15.2 Å². The Labute approximate surface area is 114 Å². The lowest BCUT2D eigenvalue weighted by Crippen LogP contribution is -2.45. The van der Waals surface area contributed by atoms with Gasteiger partial charge in [-0.25, -0.2) is 0 Å². The first-order valence-electron chi connectivity index (χ1n) is 7.04. The summed E-state index contributed by atoms with van der Waals surface area (Å²) in [4.78, 5) is 9.18. The van der Waals surface area contributed by atoms with Crippen molar-refractivity contribution in [3.05, 3.63) is 11.7 Å². The van der Waals surface area contributed by atoms with E-state index in [1.54, 1.807) is 0 Å². The van der Waals surface area contributed by atoms with E-state index in [9.17, 15) is 0 Å². The summed E-state index contributed by atoms with van der Waals surface area (Å²) in [7, 11) is 4.25. The fourth-order valence-electron chi connectivity index (χ4n) is 2.42. The molecule has 1 aromatic heterocycles. The van der Waals surface area contributed by atoms with Crippen molar-refractivity contribution in [2.24, 2.45) is 5.73 Å². The van der Waals surface area contributed by atoms with Crippen molar-refractivity contribution in [2.45, 2.75) is 31.7 Å². The lowest BCUT2D eigenvalue weighted by atomic mass is 10.1. The van der Waals surface area contributed by atoms with E-state index in [0.29, 0.717) is 6.54 Å². The van der Waals surface area contributed by atoms with Gasteiger partial charge in [0.25, 0.3) is 0 Å². The van der Waals surface area contributed by atoms with Crippen LogP contribution in [0.4, 0.5) is 0 Å². The van der Waals surface area contributed by atoms with E-state index in [0.717, 1.165) is 44.2 Å². The van der Waals surface area contributed by atoms with Crippen LogP contribution in [0.15, 0.2) is 4.52 Å². The molecule has 19 heavy (non-hydrogen) atoms. The molecule has 1 saturated heterocycles. The molecular weight excluding hydrogens is 242 g/mol. The highest BCUT2D eigenvalue weighted by Gasteiger charge is 2.28. The molecule has 6 heteroatoms. The molecular formula is C13H25N5O. The summed E-state index contributed by atoms with van der Waals surface area (Å²) < 4.78 is 5.41. The number of aromatic nitrogens is 2. The minimum absolute atomic E-state index is 0.234. The molecule has 1 aliphatic heterocycles. The largest absolute Gasteiger partial charge is 0.339 e. The normalized spacial score (nSPS) is 23.7. The van der Waals surface area contributed by atoms with Gasteiger partial charge in [-0.1, -0.05) is 12.1 Å². The van der Waals surface area contributed by atoms with Crippen LogP contribution in [0.3, 0.4) is 0 Å². The second kappa shape index (κ2) is 6.45. The van der Waals surface area contributed by atoms with Gasteiger partial charge in [0.15, 0.2) is 5.82 Å². The maximum Gasteiger partial charge on any atom is 0.229 e. The third kappa shape index (κ3) is 3.52. The summed E-state index contributed by atoms with van der Waals surface area (Å²) >= 11 is 0. The second-order valence-corrected chi connectivity index (χ2v) is 5.58. The van der Waals surface area contributed by atoms with Gasteiger partial charge in [-0.2, -0.15) is 4.98 Å². The van der Waals surface area contributed by atoms with E-state index < -0.39 is 0 Å². The Hall–Kier alpha value is -0.980. The molecule has 2 atom stereocenters. The average molecular weight is 267 g/mol. The molecule has 2 unspecified atom stereocenters. The van der Waals surface area contributed by atoms with E-state index in [1.165, 1.54) is 0 Å². The van der Waals surface area contributed by atoms with Crippen LogP contribution in [-0.2, 0) is 0 Å². The van der Waals surface area contributed by atoms with E-state index in [1.807, 2.05) is 0 Å². The van der Waals surface area contributed by atoms with E-state index in [2.05, 4.69) is 41.0 Å². The predicted octanol–water partition coefficient (Wildman–Crippen LogP) is 0.830. The Morgan fingerprint density at radius 1 is 1.42 bits per heavy atom. The van der Waals surface area contributed by atoms with Crippen LogP contribution in [0, 0.1) is 0 Å². The zero-order chi connectivity index (χ0) is 13.8. The van der Waals surface area contributed by atoms with Crippen molar-refractivity contribution in [2.75, 3.05) is 40.3 Å². The summed E-state index contributed by atoms with van der Waals surface area (Å²) in [5, 5.41) is 4.17. The Morgan fingerprint density at radius 3 is 2.95 bits per heavy atom. The molecule has 0 radical (unpaired) electrons. The first-order chi connectivity index (χ1) is 9.11. The molecule has 0 spiro atoms. The maximum absolute atomic E-state index is 5.53. The minimum Gasteiger partial charge on any atom is -0.339 e. The monoisotopic (exact) mass is 267 g/mol. The molecule has 1 aromatic rings. The predicted molar refractivity (Wildman–Crippen MR) is 73.9 cm³/mol. The van der Waals surface area contributed by atoms with Crippen molar-refractivity contribution in [1.82, 2.24) is 19.9 Å². The Balaban J connectivity index is 2.03. The van der Waals surface area contributed by atoms with Gasteiger partial charge in [0.1, 0.15) is 0 Å². The number of hydrogen-bond acceptors (Lipinski definition) is 6. The minimum atomic E-state index is 0.234. The average Bonchev–Trinajstić information content (AvgIpc) is 2.88. The summed E-state index contributed by atoms with van der Waals surface area (Å²) in [5.74, 6) is 1.84. The Morgan fingerprint density at radius 2 is 2.21 bits per heavy atom. The second-order valence-electron chi connectivity index (χ2n) is 5.58. The molecule has 2 rings (SSSR count). The van der Waals surface area contributed by atoms with Gasteiger partial charge in [0, 0.05) is 25.6 Å². The van der Waals surface area contributed by atoms with E-state index >= 15 is 0 Å². The smallest absolute Gasteiger partial charge is 0.229 e. The van der Waals surface area contributed by atoms with Crippen molar-refractivity contribution in [3.63, 3.8) is 0 Å². The Kier molecular flexibility index (Phi) is 4.90. The van der Waals surface area contributed by atoms with Crippen molar-refractivity contribution < 1.29 is 4.52 Å². The molecule has 1 aliphatic rings. The van der Waals surface area contributed by atoms with Gasteiger partial charge in [0.05, 0.1) is 6.04 Å². The molecule has 108 valence electrons. The van der Waals surface area contributed by atoms with Gasteiger partial charge in [-0.3, -0.25) is 4.90 Å². The van der Waals surface area contributed by atoms with Crippen molar-refractivity contribution >= 4 is 0 Å². The number of nitrogens with two attached hydrogens (primary N) is 1. The number of piperazine rings is 1. The Bertz CT molecular complexity index is 394. The van der Waals surface area contributed by atoms with Crippen LogP contribution in [-0.4, -0.2) is 60.2 Å². The summed E-state index contributed by atoms with van der Waals surface area (Å²) in [5.41, 5.74) is 5.53. The van der Waals surface area contributed by atoms with Gasteiger partial charge in [0.2, 0.25) is 5.89 Å². The zero-order valence-corrected chi connectivity index (χ0v) is 12.2. The number of likely N-dealkylation sites (N-methyl/N-ethyl adjacent to an activating group) is 2. The molecule has 1 fully saturated rings. The van der Waals surface area contributed by atoms with Crippen LogP contribution in [0.5, 0.6) is 0 Å². The quantitative estimate of drug-likeness (QED) is 0.852. The first kappa shape index (κ1) is 14.4. The number of hydrogen-bond donors (Lipinski definition) is 1. The van der Waals surface area contributed by atoms with Crippen molar-refractivity contribution in [3.8, 4) is 0 Å². The zero-order valence-electron chi connectivity index (χ0n) is 12.2. The molecule has 6 nitrogen and oxygen atoms in total. The summed E-state index contributed by atoms with van der Waals surface area (Å²) in [6.07, 6.45) is 1.99. The van der Waals surface area contributed by atoms with Gasteiger partial charge in [-0.05, 0) is 33.5 Å². The fraction of sp³-hybridized carbons (Fsp3) is 0.846. The molecule has 0 amide bonds. The number of nitrogens with zero attached hydrogens (tertiary/aromatic N) is 4. The van der Waals surface area contributed by atoms with Gasteiger partial charge >= 0.3 is 0 Å². The standard InChI is InChI=1S/C13H25N5O/c1-10(5-4-6-14)13-15-12(16-19-13)11-9-17(2)7-8-18(11)3/h10-11H,4-9,14H2,1-3H3. The lowest BCUT2D eigenvalue weighted by Gasteiger charge is -2.35. The molecule has 2 heterocycles. The highest BCUT2D eigenvalue weighted by Crippen LogP contribution is 2.24. The van der Waals surface area contributed by atoms with Crippen LogP contribution >= 0.6 is 0 Å². The summed E-state index contributed by atoms with van der Waals surface area (Å²) in [6.45, 7) is 5.90. The van der Waals surface area contributed by atoms with E-state index in [-0.39, 0.29) is 12.0 Å². The van der Waals surface area contributed by atoms with Crippen LogP contribution < -0.4 is 5.73 Å². The molecule has 2 N–H and O–H groups in total. The third-order valence-electron chi connectivity index (χ3n) is 3.87. The van der Waals surface area contributed by atoms with Crippen LogP contribution in [0.1, 0.15) is 43.4 Å². The highest BCUT2D eigenvalue weighted by molar-refractivity contribution is 5.00. The molecule has 0 bridgehead atoms. The van der Waals surface area contributed by atoms with Crippen LogP contribution in [0.2, 0.25) is 0 Å². The molecule has 0 saturated carbocycles. The molecule has 0 aliphatic carbocycles. The van der Waals surface area contributed by atoms with E-state index in [4.69, 9.17) is 10.3 Å². The fourth-order valence-corrected chi connectivity index (χ4v) is 2.42. The van der Waals surface area contributed by atoms with Crippen LogP contribution in [0.25, 0.3) is 0 Å². The lowest BCUT2D eigenvalue weighted by molar-refractivity contribution is 0.108. The topological polar surface area (TPSA) is 71.4 Å². The highest BCUT2D eigenvalue weighted by atomic mass is 16.5. The third-order valence-corrected chi connectivity index (χ3v) is 3.87. The van der Waals surface area contributed by atoms with Crippen molar-refractivity contribution in [1.29, 1.82) is 0 Å². The maximum atomic E-state index is 5.53.